The molecule has 1 amide bonds. The summed E-state index contributed by atoms with van der Waals surface area (Å²) in [4.78, 5) is 22.1. The first-order valence-corrected chi connectivity index (χ1v) is 5.47. The molecule has 0 saturated carbocycles. The second kappa shape index (κ2) is 7.95. The van der Waals surface area contributed by atoms with Crippen molar-refractivity contribution in [3.8, 4) is 0 Å². The number of rotatable bonds is 8. The zero-order valence-corrected chi connectivity index (χ0v) is 10.3. The number of carboxylic acids is 1. The Morgan fingerprint density at radius 3 is 2.32 bits per heavy atom. The summed E-state index contributed by atoms with van der Waals surface area (Å²) >= 11 is 0. The molecule has 0 aliphatic carbocycles. The van der Waals surface area contributed by atoms with E-state index in [9.17, 15) is 22.8 Å². The highest BCUT2D eigenvalue weighted by molar-refractivity contribution is 5.82. The van der Waals surface area contributed by atoms with E-state index in [1.807, 2.05) is 0 Å². The molecule has 0 fully saturated rings. The highest BCUT2D eigenvalue weighted by atomic mass is 19.4. The molecule has 19 heavy (non-hydrogen) atoms. The van der Waals surface area contributed by atoms with Crippen LogP contribution in [0.4, 0.5) is 13.2 Å². The van der Waals surface area contributed by atoms with Gasteiger partial charge in [0.05, 0.1) is 25.7 Å². The van der Waals surface area contributed by atoms with Crippen molar-refractivity contribution < 1.29 is 37.7 Å². The second-order valence-corrected chi connectivity index (χ2v) is 3.82. The van der Waals surface area contributed by atoms with Crippen molar-refractivity contribution in [3.63, 3.8) is 0 Å². The summed E-state index contributed by atoms with van der Waals surface area (Å²) in [5, 5.41) is 17.1. The lowest BCUT2D eigenvalue weighted by atomic mass is 10.1. The maximum Gasteiger partial charge on any atom is 0.471 e. The number of carbonyl (C=O) groups excluding carboxylic acids is 1. The standard InChI is InChI=1S/C10H16F3NO5/c1-7(8(16)17)6-14(2-4-19-5-3-15)9(18)10(11,12)13/h7,15H,2-6H2,1H3,(H,16,17). The third-order valence-corrected chi connectivity index (χ3v) is 2.19. The summed E-state index contributed by atoms with van der Waals surface area (Å²) in [7, 11) is 0. The third-order valence-electron chi connectivity index (χ3n) is 2.19. The van der Waals surface area contributed by atoms with Gasteiger partial charge in [0.2, 0.25) is 0 Å². The van der Waals surface area contributed by atoms with E-state index in [4.69, 9.17) is 14.9 Å². The fourth-order valence-electron chi connectivity index (χ4n) is 1.21. The Hall–Kier alpha value is -1.35. The molecule has 0 heterocycles. The van der Waals surface area contributed by atoms with Crippen LogP contribution in [0, 0.1) is 5.92 Å². The fourth-order valence-corrected chi connectivity index (χ4v) is 1.21. The number of ether oxygens (including phenoxy) is 1. The molecule has 9 heteroatoms. The van der Waals surface area contributed by atoms with Gasteiger partial charge >= 0.3 is 18.1 Å². The first kappa shape index (κ1) is 17.6. The van der Waals surface area contributed by atoms with Crippen LogP contribution in [0.15, 0.2) is 0 Å². The number of nitrogens with zero attached hydrogens (tertiary/aromatic N) is 1. The van der Waals surface area contributed by atoms with E-state index in [1.165, 1.54) is 6.92 Å². The molecule has 0 rings (SSSR count). The minimum atomic E-state index is -5.06. The SMILES string of the molecule is CC(CN(CCOCCO)C(=O)C(F)(F)F)C(=O)O. The quantitative estimate of drug-likeness (QED) is 0.619. The van der Waals surface area contributed by atoms with E-state index in [0.717, 1.165) is 0 Å². The molecule has 1 atom stereocenters. The van der Waals surface area contributed by atoms with Crippen molar-refractivity contribution in [1.82, 2.24) is 4.90 Å². The van der Waals surface area contributed by atoms with Crippen molar-refractivity contribution in [2.75, 3.05) is 32.9 Å². The molecule has 1 unspecified atom stereocenters. The zero-order chi connectivity index (χ0) is 15.1. The summed E-state index contributed by atoms with van der Waals surface area (Å²) in [6, 6.07) is 0. The number of aliphatic hydroxyl groups is 1. The minimum Gasteiger partial charge on any atom is -0.481 e. The molecule has 0 saturated heterocycles. The monoisotopic (exact) mass is 287 g/mol. The van der Waals surface area contributed by atoms with Gasteiger partial charge in [-0.25, -0.2) is 0 Å². The van der Waals surface area contributed by atoms with Crippen molar-refractivity contribution in [3.05, 3.63) is 0 Å². The molecule has 112 valence electrons. The Morgan fingerprint density at radius 2 is 1.89 bits per heavy atom. The van der Waals surface area contributed by atoms with Gasteiger partial charge in [0.15, 0.2) is 0 Å². The van der Waals surface area contributed by atoms with Crippen LogP contribution in [-0.2, 0) is 14.3 Å². The molecule has 0 radical (unpaired) electrons. The van der Waals surface area contributed by atoms with Gasteiger partial charge < -0.3 is 19.8 Å². The summed E-state index contributed by atoms with van der Waals surface area (Å²) in [5.74, 6) is -4.52. The van der Waals surface area contributed by atoms with Gasteiger partial charge in [-0.3, -0.25) is 9.59 Å². The third kappa shape index (κ3) is 6.97. The maximum atomic E-state index is 12.3. The van der Waals surface area contributed by atoms with Gasteiger partial charge in [-0.05, 0) is 0 Å². The molecular weight excluding hydrogens is 271 g/mol. The van der Waals surface area contributed by atoms with Gasteiger partial charge in [0.1, 0.15) is 0 Å². The van der Waals surface area contributed by atoms with Gasteiger partial charge in [-0.2, -0.15) is 13.2 Å². The second-order valence-electron chi connectivity index (χ2n) is 3.82. The first-order chi connectivity index (χ1) is 8.70. The maximum absolute atomic E-state index is 12.3. The molecule has 0 aromatic carbocycles. The lowest BCUT2D eigenvalue weighted by Crippen LogP contribution is -2.45. The molecule has 0 aromatic heterocycles. The average molecular weight is 287 g/mol. The van der Waals surface area contributed by atoms with Crippen molar-refractivity contribution in [2.24, 2.45) is 5.92 Å². The Morgan fingerprint density at radius 1 is 1.32 bits per heavy atom. The van der Waals surface area contributed by atoms with E-state index in [-0.39, 0.29) is 19.8 Å². The van der Waals surface area contributed by atoms with Crippen LogP contribution >= 0.6 is 0 Å². The number of hydrogen-bond acceptors (Lipinski definition) is 4. The normalized spacial score (nSPS) is 13.1. The van der Waals surface area contributed by atoms with Crippen molar-refractivity contribution in [2.45, 2.75) is 13.1 Å². The predicted molar refractivity (Wildman–Crippen MR) is 57.3 cm³/mol. The minimum absolute atomic E-state index is 0.0669. The number of aliphatic carboxylic acids is 1. The number of halogens is 3. The van der Waals surface area contributed by atoms with E-state index in [0.29, 0.717) is 4.90 Å². The van der Waals surface area contributed by atoms with E-state index < -0.39 is 37.1 Å². The molecular formula is C10H16F3NO5. The average Bonchev–Trinajstić information content (AvgIpc) is 2.30. The molecule has 0 bridgehead atoms. The van der Waals surface area contributed by atoms with Crippen molar-refractivity contribution >= 4 is 11.9 Å². The van der Waals surface area contributed by atoms with Gasteiger partial charge in [0.25, 0.3) is 0 Å². The highest BCUT2D eigenvalue weighted by Gasteiger charge is 2.42. The summed E-state index contributed by atoms with van der Waals surface area (Å²) in [6.45, 7) is -0.324. The predicted octanol–water partition coefficient (Wildman–Crippen LogP) is 0.107. The van der Waals surface area contributed by atoms with E-state index in [2.05, 4.69) is 0 Å². The number of amides is 1. The van der Waals surface area contributed by atoms with Crippen molar-refractivity contribution in [1.29, 1.82) is 0 Å². The number of aliphatic hydroxyl groups excluding tert-OH is 1. The Bertz CT molecular complexity index is 308. The van der Waals surface area contributed by atoms with Gasteiger partial charge in [0, 0.05) is 13.1 Å². The lowest BCUT2D eigenvalue weighted by molar-refractivity contribution is -0.187. The molecule has 0 aromatic rings. The molecule has 0 aliphatic rings. The largest absolute Gasteiger partial charge is 0.481 e. The van der Waals surface area contributed by atoms with E-state index >= 15 is 0 Å². The first-order valence-electron chi connectivity index (χ1n) is 5.47. The molecule has 6 nitrogen and oxygen atoms in total. The fraction of sp³-hybridized carbons (Fsp3) is 0.800. The van der Waals surface area contributed by atoms with E-state index in [1.54, 1.807) is 0 Å². The zero-order valence-electron chi connectivity index (χ0n) is 10.3. The van der Waals surface area contributed by atoms with Crippen LogP contribution in [-0.4, -0.2) is 66.1 Å². The van der Waals surface area contributed by atoms with Crippen LogP contribution < -0.4 is 0 Å². The lowest BCUT2D eigenvalue weighted by Gasteiger charge is -2.25. The number of alkyl halides is 3. The van der Waals surface area contributed by atoms with Crippen LogP contribution in [0.3, 0.4) is 0 Å². The Balaban J connectivity index is 4.55. The summed E-state index contributed by atoms with van der Waals surface area (Å²) in [5.41, 5.74) is 0. The van der Waals surface area contributed by atoms with Crippen LogP contribution in [0.25, 0.3) is 0 Å². The van der Waals surface area contributed by atoms with Gasteiger partial charge in [-0.1, -0.05) is 6.92 Å². The number of hydrogen-bond donors (Lipinski definition) is 2. The summed E-state index contributed by atoms with van der Waals surface area (Å²) in [6.07, 6.45) is -5.06. The Kier molecular flexibility index (Phi) is 7.38. The smallest absolute Gasteiger partial charge is 0.471 e. The van der Waals surface area contributed by atoms with Crippen LogP contribution in [0.1, 0.15) is 6.92 Å². The van der Waals surface area contributed by atoms with Crippen LogP contribution in [0.2, 0.25) is 0 Å². The summed E-state index contributed by atoms with van der Waals surface area (Å²) < 4.78 is 41.7. The highest BCUT2D eigenvalue weighted by Crippen LogP contribution is 2.19. The number of carbonyl (C=O) groups is 2. The molecule has 0 aliphatic heterocycles. The van der Waals surface area contributed by atoms with Crippen LogP contribution in [0.5, 0.6) is 0 Å². The topological polar surface area (TPSA) is 87.1 Å². The number of carboxylic acid groups (broad SMARTS) is 1. The van der Waals surface area contributed by atoms with Gasteiger partial charge in [-0.15, -0.1) is 0 Å². The molecule has 0 spiro atoms. The molecule has 2 N–H and O–H groups in total. The Labute approximate surface area is 107 Å².